The maximum atomic E-state index is 12.0. The zero-order valence-electron chi connectivity index (χ0n) is 11.6. The summed E-state index contributed by atoms with van der Waals surface area (Å²) in [4.78, 5) is 4.04. The summed E-state index contributed by atoms with van der Waals surface area (Å²) < 4.78 is 39.9. The number of halogens is 3. The molecule has 0 aromatic heterocycles. The molecule has 0 amide bonds. The van der Waals surface area contributed by atoms with Crippen molar-refractivity contribution in [2.24, 2.45) is 16.6 Å². The Kier molecular flexibility index (Phi) is 4.86. The highest BCUT2D eigenvalue weighted by Gasteiger charge is 2.30. The molecule has 0 aliphatic heterocycles. The molecule has 1 aromatic carbocycles. The number of alkyl halides is 3. The molecular weight excluding hydrogens is 299 g/mol. The minimum Gasteiger partial charge on any atom is -0.406 e. The van der Waals surface area contributed by atoms with E-state index < -0.39 is 6.36 Å². The topological polar surface area (TPSA) is 86.7 Å². The van der Waals surface area contributed by atoms with Crippen molar-refractivity contribution in [1.29, 1.82) is 5.41 Å². The molecule has 4 N–H and O–H groups in total. The van der Waals surface area contributed by atoms with Crippen LogP contribution in [0.2, 0.25) is 0 Å². The number of rotatable bonds is 6. The van der Waals surface area contributed by atoms with Crippen LogP contribution in [0.15, 0.2) is 29.3 Å². The molecule has 0 spiro atoms. The summed E-state index contributed by atoms with van der Waals surface area (Å²) in [6.45, 7) is 0.698. The zero-order valence-corrected chi connectivity index (χ0v) is 11.6. The smallest absolute Gasteiger partial charge is 0.406 e. The van der Waals surface area contributed by atoms with Gasteiger partial charge >= 0.3 is 6.36 Å². The van der Waals surface area contributed by atoms with Crippen molar-refractivity contribution in [3.63, 3.8) is 0 Å². The van der Waals surface area contributed by atoms with Crippen LogP contribution in [0.5, 0.6) is 5.75 Å². The Morgan fingerprint density at radius 1 is 1.41 bits per heavy atom. The molecule has 1 aromatic rings. The molecule has 22 heavy (non-hydrogen) atoms. The fraction of sp³-hybridized carbons (Fsp3) is 0.385. The maximum absolute atomic E-state index is 12.0. The zero-order chi connectivity index (χ0) is 16.2. The van der Waals surface area contributed by atoms with Gasteiger partial charge in [-0.3, -0.25) is 5.41 Å². The third-order valence-electron chi connectivity index (χ3n) is 2.94. The summed E-state index contributed by atoms with van der Waals surface area (Å²) in [5.74, 6) is 0.287. The highest BCUT2D eigenvalue weighted by atomic mass is 19.4. The number of hydrogen-bond donors (Lipinski definition) is 3. The van der Waals surface area contributed by atoms with Crippen LogP contribution in [0.3, 0.4) is 0 Å². The van der Waals surface area contributed by atoms with Gasteiger partial charge in [0.05, 0.1) is 5.69 Å². The molecule has 0 unspecified atom stereocenters. The lowest BCUT2D eigenvalue weighted by Gasteiger charge is -2.18. The molecule has 0 saturated heterocycles. The first-order valence-electron chi connectivity index (χ1n) is 6.60. The Hall–Kier alpha value is -2.29. The van der Waals surface area contributed by atoms with Crippen LogP contribution in [-0.4, -0.2) is 30.2 Å². The van der Waals surface area contributed by atoms with Gasteiger partial charge in [0, 0.05) is 6.54 Å². The maximum Gasteiger partial charge on any atom is 0.573 e. The summed E-state index contributed by atoms with van der Waals surface area (Å²) in [5.41, 5.74) is 9.07. The van der Waals surface area contributed by atoms with E-state index in [0.29, 0.717) is 18.2 Å². The Bertz CT molecular complexity index is 540. The van der Waals surface area contributed by atoms with Crippen molar-refractivity contribution in [3.8, 4) is 5.75 Å². The van der Waals surface area contributed by atoms with Gasteiger partial charge in [0.2, 0.25) is 5.96 Å². The quantitative estimate of drug-likeness (QED) is 0.427. The molecule has 0 bridgehead atoms. The van der Waals surface area contributed by atoms with E-state index in [-0.39, 0.29) is 11.7 Å². The number of nitrogens with zero attached hydrogens (tertiary/aromatic N) is 2. The molecule has 2 rings (SSSR count). The predicted octanol–water partition coefficient (Wildman–Crippen LogP) is 2.36. The van der Waals surface area contributed by atoms with Gasteiger partial charge in [-0.05, 0) is 43.0 Å². The number of hydrazine groups is 1. The van der Waals surface area contributed by atoms with Gasteiger partial charge in [0.1, 0.15) is 12.1 Å². The van der Waals surface area contributed by atoms with Crippen molar-refractivity contribution >= 4 is 18.0 Å². The minimum absolute atomic E-state index is 0.0279. The van der Waals surface area contributed by atoms with Gasteiger partial charge in [-0.2, -0.15) is 0 Å². The molecule has 120 valence electrons. The molecule has 1 saturated carbocycles. The van der Waals surface area contributed by atoms with Crippen molar-refractivity contribution in [1.82, 2.24) is 10.4 Å². The molecule has 0 radical (unpaired) electrons. The Labute approximate surface area is 125 Å². The molecule has 0 heterocycles. The van der Waals surface area contributed by atoms with Crippen LogP contribution in [0.1, 0.15) is 12.8 Å². The first kappa shape index (κ1) is 16.1. The van der Waals surface area contributed by atoms with E-state index in [1.165, 1.54) is 17.1 Å². The summed E-state index contributed by atoms with van der Waals surface area (Å²) in [6, 6.07) is 4.98. The highest BCUT2D eigenvalue weighted by molar-refractivity contribution is 5.89. The van der Waals surface area contributed by atoms with Crippen LogP contribution in [0, 0.1) is 11.3 Å². The summed E-state index contributed by atoms with van der Waals surface area (Å²) in [6.07, 6.45) is -1.44. The Balaban J connectivity index is 1.98. The lowest BCUT2D eigenvalue weighted by atomic mass is 10.3. The lowest BCUT2D eigenvalue weighted by molar-refractivity contribution is -0.274. The minimum atomic E-state index is -4.73. The van der Waals surface area contributed by atoms with E-state index in [9.17, 15) is 13.2 Å². The average Bonchev–Trinajstić information content (AvgIpc) is 3.24. The van der Waals surface area contributed by atoms with Crippen molar-refractivity contribution < 1.29 is 17.9 Å². The van der Waals surface area contributed by atoms with E-state index in [0.717, 1.165) is 31.3 Å². The fourth-order valence-corrected chi connectivity index (χ4v) is 1.65. The van der Waals surface area contributed by atoms with Gasteiger partial charge in [-0.25, -0.2) is 15.4 Å². The normalized spacial score (nSPS) is 15.5. The Morgan fingerprint density at radius 3 is 2.55 bits per heavy atom. The second-order valence-corrected chi connectivity index (χ2v) is 4.82. The molecular formula is C13H16F3N5O. The molecule has 1 fully saturated rings. The van der Waals surface area contributed by atoms with E-state index in [1.54, 1.807) is 0 Å². The number of nitrogens with one attached hydrogen (secondary N) is 2. The van der Waals surface area contributed by atoms with E-state index in [1.807, 2.05) is 0 Å². The number of aliphatic imine (C=N–C) groups is 1. The van der Waals surface area contributed by atoms with Crippen molar-refractivity contribution in [3.05, 3.63) is 24.3 Å². The number of nitrogens with two attached hydrogens (primary N) is 1. The van der Waals surface area contributed by atoms with Gasteiger partial charge in [-0.1, -0.05) is 0 Å². The Morgan fingerprint density at radius 2 is 2.05 bits per heavy atom. The van der Waals surface area contributed by atoms with Crippen LogP contribution >= 0.6 is 0 Å². The van der Waals surface area contributed by atoms with Crippen LogP contribution in [0.4, 0.5) is 18.9 Å². The van der Waals surface area contributed by atoms with Gasteiger partial charge in [0.15, 0.2) is 0 Å². The lowest BCUT2D eigenvalue weighted by Crippen LogP contribution is -2.46. The van der Waals surface area contributed by atoms with Crippen molar-refractivity contribution in [2.45, 2.75) is 19.2 Å². The molecule has 0 atom stereocenters. The first-order valence-corrected chi connectivity index (χ1v) is 6.60. The fourth-order valence-electron chi connectivity index (χ4n) is 1.65. The third kappa shape index (κ3) is 5.24. The molecule has 9 heteroatoms. The number of benzene rings is 1. The van der Waals surface area contributed by atoms with Gasteiger partial charge in [0.25, 0.3) is 0 Å². The van der Waals surface area contributed by atoms with Gasteiger partial charge < -0.3 is 10.5 Å². The average molecular weight is 315 g/mol. The second-order valence-electron chi connectivity index (χ2n) is 4.82. The largest absolute Gasteiger partial charge is 0.573 e. The summed E-state index contributed by atoms with van der Waals surface area (Å²) in [5, 5.41) is 8.55. The summed E-state index contributed by atoms with van der Waals surface area (Å²) in [7, 11) is 0. The number of hydrogen-bond acceptors (Lipinski definition) is 4. The van der Waals surface area contributed by atoms with E-state index in [2.05, 4.69) is 15.2 Å². The molecule has 1 aliphatic rings. The van der Waals surface area contributed by atoms with Crippen LogP contribution < -0.4 is 15.9 Å². The number of guanidine groups is 1. The monoisotopic (exact) mass is 315 g/mol. The predicted molar refractivity (Wildman–Crippen MR) is 75.8 cm³/mol. The second kappa shape index (κ2) is 6.65. The molecule has 6 nitrogen and oxygen atoms in total. The summed E-state index contributed by atoms with van der Waals surface area (Å²) >= 11 is 0. The van der Waals surface area contributed by atoms with Crippen molar-refractivity contribution in [2.75, 3.05) is 6.54 Å². The highest BCUT2D eigenvalue weighted by Crippen LogP contribution is 2.27. The van der Waals surface area contributed by atoms with E-state index in [4.69, 9.17) is 11.1 Å². The van der Waals surface area contributed by atoms with E-state index >= 15 is 0 Å². The first-order chi connectivity index (χ1) is 10.4. The van der Waals surface area contributed by atoms with Crippen LogP contribution in [0.25, 0.3) is 0 Å². The SMILES string of the molecule is N=CN(NCC1CC1)C(N)=Nc1ccc(OC(F)(F)F)cc1. The van der Waals surface area contributed by atoms with Crippen LogP contribution in [-0.2, 0) is 0 Å². The van der Waals surface area contributed by atoms with Gasteiger partial charge in [-0.15, -0.1) is 13.2 Å². The molecule has 1 aliphatic carbocycles. The standard InChI is InChI=1S/C13H16F3N5O/c14-13(15,16)22-11-5-3-10(4-6-11)20-12(18)21(8-17)19-7-9-1-2-9/h3-6,8-9,17,19H,1-2,7H2,(H2,18,20). The third-order valence-corrected chi connectivity index (χ3v) is 2.94. The number of ether oxygens (including phenoxy) is 1.